The molecule has 0 fully saturated rings. The van der Waals surface area contributed by atoms with E-state index in [0.717, 1.165) is 25.5 Å². The molecule has 0 radical (unpaired) electrons. The number of rotatable bonds is 7. The topological polar surface area (TPSA) is 27.6 Å². The Balaban J connectivity index is 1.89. The van der Waals surface area contributed by atoms with Crippen LogP contribution in [0.2, 0.25) is 0 Å². The third-order valence-corrected chi connectivity index (χ3v) is 4.51. The molecule has 0 saturated carbocycles. The third-order valence-electron chi connectivity index (χ3n) is 3.57. The van der Waals surface area contributed by atoms with Crippen LogP contribution < -0.4 is 5.32 Å². The van der Waals surface area contributed by atoms with Crippen molar-refractivity contribution in [2.75, 3.05) is 26.7 Å². The van der Waals surface area contributed by atoms with Crippen LogP contribution in [-0.2, 0) is 12.8 Å². The van der Waals surface area contributed by atoms with Crippen LogP contribution in [0, 0.1) is 5.82 Å². The Bertz CT molecular complexity index is 610. The van der Waals surface area contributed by atoms with Gasteiger partial charge in [0.25, 0.3) is 0 Å². The van der Waals surface area contributed by atoms with E-state index >= 15 is 0 Å². The molecule has 23 heavy (non-hydrogen) atoms. The summed E-state index contributed by atoms with van der Waals surface area (Å²) in [4.78, 5) is 8.12. The molecule has 0 saturated heterocycles. The second-order valence-electron chi connectivity index (χ2n) is 5.33. The minimum Gasteiger partial charge on any atom is -0.357 e. The molecule has 0 atom stereocenters. The molecule has 0 aliphatic carbocycles. The summed E-state index contributed by atoms with van der Waals surface area (Å²) < 4.78 is 13.6. The largest absolute Gasteiger partial charge is 0.357 e. The van der Waals surface area contributed by atoms with Gasteiger partial charge in [0.15, 0.2) is 5.96 Å². The molecule has 0 unspecified atom stereocenters. The quantitative estimate of drug-likeness (QED) is 0.620. The summed E-state index contributed by atoms with van der Waals surface area (Å²) in [7, 11) is 2.04. The van der Waals surface area contributed by atoms with Crippen LogP contribution in [0.4, 0.5) is 4.39 Å². The van der Waals surface area contributed by atoms with Crippen LogP contribution >= 0.6 is 11.3 Å². The second-order valence-corrected chi connectivity index (χ2v) is 6.36. The van der Waals surface area contributed by atoms with Crippen molar-refractivity contribution in [2.45, 2.75) is 19.8 Å². The minimum atomic E-state index is -0.154. The van der Waals surface area contributed by atoms with E-state index in [9.17, 15) is 4.39 Å². The summed E-state index contributed by atoms with van der Waals surface area (Å²) in [6.07, 6.45) is 1.62. The predicted molar refractivity (Wildman–Crippen MR) is 96.7 cm³/mol. The lowest BCUT2D eigenvalue weighted by atomic mass is 10.1. The van der Waals surface area contributed by atoms with Crippen LogP contribution in [0.5, 0.6) is 0 Å². The van der Waals surface area contributed by atoms with E-state index in [2.05, 4.69) is 39.6 Å². The van der Waals surface area contributed by atoms with Gasteiger partial charge in [-0.3, -0.25) is 4.99 Å². The molecule has 0 aliphatic rings. The van der Waals surface area contributed by atoms with E-state index in [-0.39, 0.29) is 5.82 Å². The highest BCUT2D eigenvalue weighted by atomic mass is 32.1. The van der Waals surface area contributed by atoms with E-state index in [4.69, 9.17) is 0 Å². The lowest BCUT2D eigenvalue weighted by Gasteiger charge is -2.21. The summed E-state index contributed by atoms with van der Waals surface area (Å²) in [6.45, 7) is 4.36. The summed E-state index contributed by atoms with van der Waals surface area (Å²) in [6, 6.07) is 11.1. The Kier molecular flexibility index (Phi) is 7.07. The van der Waals surface area contributed by atoms with Crippen molar-refractivity contribution in [3.05, 3.63) is 58.0 Å². The molecule has 5 heteroatoms. The second kappa shape index (κ2) is 9.30. The molecule has 124 valence electrons. The van der Waals surface area contributed by atoms with Crippen molar-refractivity contribution in [2.24, 2.45) is 4.99 Å². The van der Waals surface area contributed by atoms with E-state index in [1.165, 1.54) is 10.9 Å². The molecule has 1 aromatic carbocycles. The van der Waals surface area contributed by atoms with Gasteiger partial charge in [0.05, 0.1) is 0 Å². The van der Waals surface area contributed by atoms with Gasteiger partial charge in [-0.25, -0.2) is 4.39 Å². The fraction of sp³-hybridized carbons (Fsp3) is 0.389. The maximum Gasteiger partial charge on any atom is 0.193 e. The Hall–Kier alpha value is -1.88. The van der Waals surface area contributed by atoms with Crippen molar-refractivity contribution in [3.63, 3.8) is 0 Å². The molecule has 0 spiro atoms. The fourth-order valence-electron chi connectivity index (χ4n) is 2.29. The SMILES string of the molecule is CCNC(=NCCc1ccccc1F)N(C)CCc1cccs1. The Labute approximate surface area is 141 Å². The van der Waals surface area contributed by atoms with Crippen molar-refractivity contribution in [1.82, 2.24) is 10.2 Å². The van der Waals surface area contributed by atoms with Gasteiger partial charge >= 0.3 is 0 Å². The van der Waals surface area contributed by atoms with E-state index < -0.39 is 0 Å². The normalized spacial score (nSPS) is 11.5. The Morgan fingerprint density at radius 1 is 1.22 bits per heavy atom. The van der Waals surface area contributed by atoms with E-state index in [1.807, 2.05) is 19.2 Å². The summed E-state index contributed by atoms with van der Waals surface area (Å²) >= 11 is 1.78. The molecule has 0 bridgehead atoms. The van der Waals surface area contributed by atoms with Crippen molar-refractivity contribution >= 4 is 17.3 Å². The number of thiophene rings is 1. The molecule has 1 heterocycles. The van der Waals surface area contributed by atoms with Crippen LogP contribution in [0.3, 0.4) is 0 Å². The molecular formula is C18H24FN3S. The van der Waals surface area contributed by atoms with Gasteiger partial charge in [-0.15, -0.1) is 11.3 Å². The van der Waals surface area contributed by atoms with Crippen LogP contribution in [-0.4, -0.2) is 37.5 Å². The average molecular weight is 333 g/mol. The van der Waals surface area contributed by atoms with E-state index in [1.54, 1.807) is 17.4 Å². The fourth-order valence-corrected chi connectivity index (χ4v) is 2.99. The summed E-state index contributed by atoms with van der Waals surface area (Å²) in [5, 5.41) is 5.40. The van der Waals surface area contributed by atoms with Gasteiger partial charge in [0, 0.05) is 31.6 Å². The standard InChI is InChI=1S/C18H24FN3S/c1-3-20-18(22(2)13-11-16-8-6-14-23-16)21-12-10-15-7-4-5-9-17(15)19/h4-9,14H,3,10-13H2,1-2H3,(H,20,21). The Morgan fingerprint density at radius 2 is 2.04 bits per heavy atom. The van der Waals surface area contributed by atoms with Crippen LogP contribution in [0.1, 0.15) is 17.4 Å². The lowest BCUT2D eigenvalue weighted by Crippen LogP contribution is -2.40. The molecule has 3 nitrogen and oxygen atoms in total. The number of halogens is 1. The number of aliphatic imine (C=N–C) groups is 1. The highest BCUT2D eigenvalue weighted by molar-refractivity contribution is 7.09. The van der Waals surface area contributed by atoms with E-state index in [0.29, 0.717) is 18.5 Å². The lowest BCUT2D eigenvalue weighted by molar-refractivity contribution is 0.486. The maximum atomic E-state index is 13.6. The first kappa shape index (κ1) is 17.5. The van der Waals surface area contributed by atoms with Gasteiger partial charge in [-0.2, -0.15) is 0 Å². The molecule has 0 aliphatic heterocycles. The van der Waals surface area contributed by atoms with Gasteiger partial charge in [-0.05, 0) is 42.8 Å². The predicted octanol–water partition coefficient (Wildman–Crippen LogP) is 3.57. The number of benzene rings is 1. The zero-order chi connectivity index (χ0) is 16.5. The van der Waals surface area contributed by atoms with Gasteiger partial charge < -0.3 is 10.2 Å². The Morgan fingerprint density at radius 3 is 2.74 bits per heavy atom. The van der Waals surface area contributed by atoms with Crippen LogP contribution in [0.15, 0.2) is 46.8 Å². The van der Waals surface area contributed by atoms with Crippen LogP contribution in [0.25, 0.3) is 0 Å². The number of guanidine groups is 1. The average Bonchev–Trinajstić information content (AvgIpc) is 3.07. The molecule has 2 rings (SSSR count). The van der Waals surface area contributed by atoms with Gasteiger partial charge in [0.1, 0.15) is 5.82 Å². The monoisotopic (exact) mass is 333 g/mol. The number of hydrogen-bond donors (Lipinski definition) is 1. The molecule has 1 aromatic heterocycles. The maximum absolute atomic E-state index is 13.6. The highest BCUT2D eigenvalue weighted by Crippen LogP contribution is 2.10. The smallest absolute Gasteiger partial charge is 0.193 e. The number of likely N-dealkylation sites (N-methyl/N-ethyl adjacent to an activating group) is 1. The first-order chi connectivity index (χ1) is 11.2. The molecule has 2 aromatic rings. The molecule has 0 amide bonds. The number of nitrogens with one attached hydrogen (secondary N) is 1. The van der Waals surface area contributed by atoms with Crippen molar-refractivity contribution in [3.8, 4) is 0 Å². The zero-order valence-corrected chi connectivity index (χ0v) is 14.6. The molecule has 1 N–H and O–H groups in total. The number of nitrogens with zero attached hydrogens (tertiary/aromatic N) is 2. The first-order valence-corrected chi connectivity index (χ1v) is 8.84. The molecular weight excluding hydrogens is 309 g/mol. The van der Waals surface area contributed by atoms with Crippen molar-refractivity contribution in [1.29, 1.82) is 0 Å². The van der Waals surface area contributed by atoms with Gasteiger partial charge in [-0.1, -0.05) is 24.3 Å². The first-order valence-electron chi connectivity index (χ1n) is 7.96. The summed E-state index contributed by atoms with van der Waals surface area (Å²) in [5.41, 5.74) is 0.716. The summed E-state index contributed by atoms with van der Waals surface area (Å²) in [5.74, 6) is 0.721. The highest BCUT2D eigenvalue weighted by Gasteiger charge is 2.06. The van der Waals surface area contributed by atoms with Gasteiger partial charge in [0.2, 0.25) is 0 Å². The third kappa shape index (κ3) is 5.67. The van der Waals surface area contributed by atoms with Crippen molar-refractivity contribution < 1.29 is 4.39 Å². The number of hydrogen-bond acceptors (Lipinski definition) is 2. The zero-order valence-electron chi connectivity index (χ0n) is 13.8. The minimum absolute atomic E-state index is 0.154.